The number of urea groups is 1. The molecule has 1 aromatic carbocycles. The van der Waals surface area contributed by atoms with Crippen LogP contribution in [-0.4, -0.2) is 35.4 Å². The average Bonchev–Trinajstić information content (AvgIpc) is 2.37. The van der Waals surface area contributed by atoms with E-state index in [-0.39, 0.29) is 24.4 Å². The van der Waals surface area contributed by atoms with Crippen molar-refractivity contribution in [3.63, 3.8) is 0 Å². The van der Waals surface area contributed by atoms with Gasteiger partial charge in [0.2, 0.25) is 0 Å². The Morgan fingerprint density at radius 1 is 1.32 bits per heavy atom. The van der Waals surface area contributed by atoms with Gasteiger partial charge in [-0.2, -0.15) is 0 Å². The first-order chi connectivity index (χ1) is 9.11. The Bertz CT molecular complexity index is 379. The first kappa shape index (κ1) is 15.3. The first-order valence-corrected chi connectivity index (χ1v) is 6.55. The van der Waals surface area contributed by atoms with Crippen molar-refractivity contribution in [2.45, 2.75) is 32.2 Å². The summed E-state index contributed by atoms with van der Waals surface area (Å²) in [5.41, 5.74) is 1.13. The lowest BCUT2D eigenvalue weighted by Crippen LogP contribution is -2.41. The summed E-state index contributed by atoms with van der Waals surface area (Å²) in [6, 6.07) is 6.84. The summed E-state index contributed by atoms with van der Waals surface area (Å²) in [4.78, 5) is 11.4. The van der Waals surface area contributed by atoms with E-state index in [0.717, 1.165) is 18.4 Å². The molecule has 1 aromatic rings. The Morgan fingerprint density at radius 3 is 2.63 bits per heavy atom. The van der Waals surface area contributed by atoms with Crippen LogP contribution in [0.2, 0.25) is 0 Å². The zero-order valence-electron chi connectivity index (χ0n) is 11.2. The zero-order valence-corrected chi connectivity index (χ0v) is 11.2. The van der Waals surface area contributed by atoms with Crippen LogP contribution in [0.1, 0.15) is 25.3 Å². The van der Waals surface area contributed by atoms with Crippen LogP contribution in [-0.2, 0) is 6.42 Å². The summed E-state index contributed by atoms with van der Waals surface area (Å²) >= 11 is 0. The maximum atomic E-state index is 11.4. The van der Waals surface area contributed by atoms with Crippen LogP contribution < -0.4 is 10.6 Å². The molecule has 0 unspecified atom stereocenters. The Hall–Kier alpha value is -1.75. The van der Waals surface area contributed by atoms with Crippen LogP contribution in [0.15, 0.2) is 24.3 Å². The highest BCUT2D eigenvalue weighted by Crippen LogP contribution is 2.10. The van der Waals surface area contributed by atoms with Gasteiger partial charge in [0.1, 0.15) is 5.75 Å². The van der Waals surface area contributed by atoms with Gasteiger partial charge in [0.15, 0.2) is 0 Å². The number of nitrogens with one attached hydrogen (secondary N) is 2. The number of benzene rings is 1. The van der Waals surface area contributed by atoms with E-state index in [1.54, 1.807) is 12.1 Å². The summed E-state index contributed by atoms with van der Waals surface area (Å²) in [6.45, 7) is 2.52. The molecule has 1 rings (SSSR count). The minimum atomic E-state index is -0.202. The molecule has 0 saturated heterocycles. The molecule has 0 aliphatic rings. The second-order valence-corrected chi connectivity index (χ2v) is 4.58. The van der Waals surface area contributed by atoms with Crippen LogP contribution in [0.25, 0.3) is 0 Å². The van der Waals surface area contributed by atoms with Crippen molar-refractivity contribution in [2.75, 3.05) is 13.2 Å². The lowest BCUT2D eigenvalue weighted by Gasteiger charge is -2.13. The van der Waals surface area contributed by atoms with Crippen molar-refractivity contribution in [1.29, 1.82) is 0 Å². The van der Waals surface area contributed by atoms with Crippen molar-refractivity contribution >= 4 is 6.03 Å². The van der Waals surface area contributed by atoms with E-state index in [9.17, 15) is 4.79 Å². The summed E-state index contributed by atoms with van der Waals surface area (Å²) < 4.78 is 0. The fourth-order valence-electron chi connectivity index (χ4n) is 1.70. The van der Waals surface area contributed by atoms with Gasteiger partial charge in [-0.25, -0.2) is 4.79 Å². The smallest absolute Gasteiger partial charge is 0.314 e. The number of carbonyl (C=O) groups is 1. The number of hydrogen-bond donors (Lipinski definition) is 4. The third kappa shape index (κ3) is 6.67. The lowest BCUT2D eigenvalue weighted by molar-refractivity contribution is 0.231. The molecule has 106 valence electrons. The van der Waals surface area contributed by atoms with E-state index in [2.05, 4.69) is 10.6 Å². The van der Waals surface area contributed by atoms with E-state index in [1.165, 1.54) is 0 Å². The van der Waals surface area contributed by atoms with E-state index in [4.69, 9.17) is 10.2 Å². The van der Waals surface area contributed by atoms with Crippen LogP contribution in [0.4, 0.5) is 4.79 Å². The third-order valence-electron chi connectivity index (χ3n) is 2.80. The van der Waals surface area contributed by atoms with E-state index >= 15 is 0 Å². The van der Waals surface area contributed by atoms with Gasteiger partial charge in [0, 0.05) is 19.2 Å². The van der Waals surface area contributed by atoms with Crippen molar-refractivity contribution in [3.05, 3.63) is 29.8 Å². The molecular formula is C14H22N2O3. The lowest BCUT2D eigenvalue weighted by atomic mass is 10.1. The predicted octanol–water partition coefficient (Wildman–Crippen LogP) is 1.39. The number of aliphatic hydroxyl groups excluding tert-OH is 1. The van der Waals surface area contributed by atoms with Gasteiger partial charge in [0.05, 0.1) is 0 Å². The molecule has 0 aliphatic carbocycles. The van der Waals surface area contributed by atoms with Crippen LogP contribution in [0, 0.1) is 0 Å². The molecule has 0 radical (unpaired) electrons. The second-order valence-electron chi connectivity index (χ2n) is 4.58. The third-order valence-corrected chi connectivity index (χ3v) is 2.80. The highest BCUT2D eigenvalue weighted by Gasteiger charge is 2.05. The van der Waals surface area contributed by atoms with Gasteiger partial charge >= 0.3 is 6.03 Å². The van der Waals surface area contributed by atoms with Gasteiger partial charge in [-0.3, -0.25) is 0 Å². The molecule has 0 saturated carbocycles. The summed E-state index contributed by atoms with van der Waals surface area (Å²) in [5, 5.41) is 23.4. The number of aliphatic hydroxyl groups is 1. The number of hydrogen-bond acceptors (Lipinski definition) is 3. The molecule has 0 aromatic heterocycles. The second kappa shape index (κ2) is 8.37. The Kier molecular flexibility index (Phi) is 6.74. The van der Waals surface area contributed by atoms with Crippen molar-refractivity contribution in [3.8, 4) is 5.75 Å². The van der Waals surface area contributed by atoms with Gasteiger partial charge < -0.3 is 20.8 Å². The van der Waals surface area contributed by atoms with Gasteiger partial charge in [0.25, 0.3) is 0 Å². The summed E-state index contributed by atoms with van der Waals surface area (Å²) in [7, 11) is 0. The fraction of sp³-hybridized carbons (Fsp3) is 0.500. The normalized spacial score (nSPS) is 11.9. The minimum absolute atomic E-state index is 0.0258. The number of phenolic OH excluding ortho intramolecular Hbond substituents is 1. The minimum Gasteiger partial charge on any atom is -0.508 e. The highest BCUT2D eigenvalue weighted by atomic mass is 16.3. The number of carbonyl (C=O) groups excluding carboxylic acids is 1. The zero-order chi connectivity index (χ0) is 14.1. The number of aromatic hydroxyl groups is 1. The van der Waals surface area contributed by atoms with Crippen LogP contribution >= 0.6 is 0 Å². The van der Waals surface area contributed by atoms with Gasteiger partial charge in [-0.1, -0.05) is 12.1 Å². The maximum absolute atomic E-state index is 11.4. The largest absolute Gasteiger partial charge is 0.508 e. The molecule has 19 heavy (non-hydrogen) atoms. The predicted molar refractivity (Wildman–Crippen MR) is 74.1 cm³/mol. The summed E-state index contributed by atoms with van der Waals surface area (Å²) in [6.07, 6.45) is 2.25. The quantitative estimate of drug-likeness (QED) is 0.563. The number of aryl methyl sites for hydroxylation is 1. The van der Waals surface area contributed by atoms with Crippen LogP contribution in [0.3, 0.4) is 0 Å². The van der Waals surface area contributed by atoms with E-state index < -0.39 is 0 Å². The SMILES string of the molecule is C[C@H](CCO)NC(=O)NCCCc1ccc(O)cc1. The molecule has 2 amide bonds. The maximum Gasteiger partial charge on any atom is 0.314 e. The number of amides is 2. The molecule has 5 heteroatoms. The van der Waals surface area contributed by atoms with Crippen molar-refractivity contribution in [2.24, 2.45) is 0 Å². The van der Waals surface area contributed by atoms with Gasteiger partial charge in [-0.15, -0.1) is 0 Å². The Morgan fingerprint density at radius 2 is 2.00 bits per heavy atom. The number of rotatable bonds is 7. The molecule has 0 aliphatic heterocycles. The Balaban J connectivity index is 2.13. The van der Waals surface area contributed by atoms with E-state index in [1.807, 2.05) is 19.1 Å². The highest BCUT2D eigenvalue weighted by molar-refractivity contribution is 5.74. The van der Waals surface area contributed by atoms with Crippen molar-refractivity contribution < 1.29 is 15.0 Å². The van der Waals surface area contributed by atoms with Gasteiger partial charge in [-0.05, 0) is 43.9 Å². The molecule has 4 N–H and O–H groups in total. The standard InChI is InChI=1S/C14H22N2O3/c1-11(8-10-17)16-14(19)15-9-2-3-12-4-6-13(18)7-5-12/h4-7,11,17-18H,2-3,8-10H2,1H3,(H2,15,16,19)/t11-/m1/s1. The van der Waals surface area contributed by atoms with Crippen LogP contribution in [0.5, 0.6) is 5.75 Å². The number of phenols is 1. The Labute approximate surface area is 113 Å². The average molecular weight is 266 g/mol. The molecule has 0 heterocycles. The monoisotopic (exact) mass is 266 g/mol. The van der Waals surface area contributed by atoms with E-state index in [0.29, 0.717) is 13.0 Å². The molecule has 1 atom stereocenters. The fourth-order valence-corrected chi connectivity index (χ4v) is 1.70. The molecule has 0 fully saturated rings. The molecule has 0 bridgehead atoms. The summed E-state index contributed by atoms with van der Waals surface area (Å²) in [5.74, 6) is 0.263. The topological polar surface area (TPSA) is 81.6 Å². The molecular weight excluding hydrogens is 244 g/mol. The van der Waals surface area contributed by atoms with Crippen molar-refractivity contribution in [1.82, 2.24) is 10.6 Å². The molecule has 0 spiro atoms. The first-order valence-electron chi connectivity index (χ1n) is 6.55. The molecule has 5 nitrogen and oxygen atoms in total.